The van der Waals surface area contributed by atoms with Crippen LogP contribution in [0.4, 0.5) is 0 Å². The number of oxazole rings is 1. The van der Waals surface area contributed by atoms with Gasteiger partial charge in [0.05, 0.1) is 14.5 Å². The molecule has 1 atom stereocenters. The van der Waals surface area contributed by atoms with Crippen LogP contribution in [0.1, 0.15) is 36.5 Å². The molecule has 0 spiro atoms. The fourth-order valence-electron chi connectivity index (χ4n) is 3.43. The molecule has 7 heteroatoms. The van der Waals surface area contributed by atoms with Crippen molar-refractivity contribution in [1.29, 1.82) is 0 Å². The van der Waals surface area contributed by atoms with Crippen LogP contribution in [-0.2, 0) is 0 Å². The minimum Gasteiger partial charge on any atom is -0.436 e. The van der Waals surface area contributed by atoms with Crippen molar-refractivity contribution in [2.75, 3.05) is 6.54 Å². The molecule has 1 fully saturated rings. The third kappa shape index (κ3) is 3.60. The van der Waals surface area contributed by atoms with Crippen molar-refractivity contribution in [2.24, 2.45) is 0 Å². The molecule has 0 saturated carbocycles. The van der Waals surface area contributed by atoms with Crippen LogP contribution in [0.25, 0.3) is 22.6 Å². The highest BCUT2D eigenvalue weighted by molar-refractivity contribution is 9.10. The lowest BCUT2D eigenvalue weighted by molar-refractivity contribution is 0.0636. The lowest BCUT2D eigenvalue weighted by Crippen LogP contribution is -2.42. The van der Waals surface area contributed by atoms with Crippen LogP contribution in [0, 0.1) is 0 Å². The number of hydrogen-bond donors (Lipinski definition) is 0. The molecule has 0 N–H and O–H groups in total. The van der Waals surface area contributed by atoms with Gasteiger partial charge in [0.25, 0.3) is 5.91 Å². The third-order valence-corrected chi connectivity index (χ3v) is 6.84. The first-order valence-electron chi connectivity index (χ1n) is 8.80. The van der Waals surface area contributed by atoms with E-state index in [2.05, 4.69) is 27.8 Å². The van der Waals surface area contributed by atoms with Crippen molar-refractivity contribution in [3.8, 4) is 11.5 Å². The van der Waals surface area contributed by atoms with Crippen LogP contribution in [0.15, 0.2) is 39.2 Å². The molecule has 1 unspecified atom stereocenters. The Hall–Kier alpha value is -1.56. The summed E-state index contributed by atoms with van der Waals surface area (Å²) in [5.41, 5.74) is 2.56. The van der Waals surface area contributed by atoms with Crippen LogP contribution in [-0.4, -0.2) is 28.4 Å². The van der Waals surface area contributed by atoms with Gasteiger partial charge in [0.15, 0.2) is 5.58 Å². The maximum atomic E-state index is 12.9. The molecule has 0 aliphatic carbocycles. The molecule has 4 rings (SSSR count). The van der Waals surface area contributed by atoms with E-state index in [1.54, 1.807) is 30.3 Å². The Balaban J connectivity index is 1.69. The Kier molecular flexibility index (Phi) is 5.19. The van der Waals surface area contributed by atoms with Gasteiger partial charge in [-0.05, 0) is 72.4 Å². The number of carbonyl (C=O) groups excluding carboxylic acids is 1. The van der Waals surface area contributed by atoms with Crippen LogP contribution < -0.4 is 0 Å². The molecule has 1 aromatic heterocycles. The predicted molar refractivity (Wildman–Crippen MR) is 112 cm³/mol. The first kappa shape index (κ1) is 18.8. The van der Waals surface area contributed by atoms with Gasteiger partial charge in [-0.1, -0.05) is 23.2 Å². The van der Waals surface area contributed by atoms with Gasteiger partial charge in [-0.3, -0.25) is 4.79 Å². The van der Waals surface area contributed by atoms with E-state index in [0.717, 1.165) is 19.4 Å². The summed E-state index contributed by atoms with van der Waals surface area (Å²) in [5.74, 6) is 0.459. The van der Waals surface area contributed by atoms with Crippen molar-refractivity contribution < 1.29 is 9.21 Å². The van der Waals surface area contributed by atoms with E-state index in [4.69, 9.17) is 27.6 Å². The number of hydrogen-bond acceptors (Lipinski definition) is 3. The van der Waals surface area contributed by atoms with Crippen LogP contribution >= 0.6 is 39.1 Å². The molecule has 2 heterocycles. The van der Waals surface area contributed by atoms with Gasteiger partial charge in [0.1, 0.15) is 5.52 Å². The monoisotopic (exact) mass is 466 g/mol. The zero-order valence-electron chi connectivity index (χ0n) is 14.6. The van der Waals surface area contributed by atoms with Crippen molar-refractivity contribution in [3.63, 3.8) is 0 Å². The first-order chi connectivity index (χ1) is 12.9. The summed E-state index contributed by atoms with van der Waals surface area (Å²) < 4.78 is 6.47. The SMILES string of the molecule is CC1CCCCN1C(=O)c1ccc2oc(-c3cc(Cl)c(Br)c(Cl)c3)nc2c1. The van der Waals surface area contributed by atoms with E-state index in [1.807, 2.05) is 4.90 Å². The van der Waals surface area contributed by atoms with Crippen molar-refractivity contribution in [2.45, 2.75) is 32.2 Å². The molecule has 1 saturated heterocycles. The fraction of sp³-hybridized carbons (Fsp3) is 0.300. The Bertz CT molecular complexity index is 1010. The average molecular weight is 468 g/mol. The molecule has 1 aliphatic rings. The summed E-state index contributed by atoms with van der Waals surface area (Å²) in [6.07, 6.45) is 3.28. The number of piperidine rings is 1. The molecule has 4 nitrogen and oxygen atoms in total. The molecule has 1 amide bonds. The van der Waals surface area contributed by atoms with Gasteiger partial charge < -0.3 is 9.32 Å². The number of fused-ring (bicyclic) bond motifs is 1. The lowest BCUT2D eigenvalue weighted by atomic mass is 10.0. The predicted octanol–water partition coefficient (Wildman–Crippen LogP) is 6.58. The lowest BCUT2D eigenvalue weighted by Gasteiger charge is -2.33. The minimum atomic E-state index is 0.0448. The smallest absolute Gasteiger partial charge is 0.254 e. The average Bonchev–Trinajstić information content (AvgIpc) is 3.09. The second-order valence-corrected chi connectivity index (χ2v) is 8.41. The van der Waals surface area contributed by atoms with E-state index in [1.165, 1.54) is 6.42 Å². The Morgan fingerprint density at radius 1 is 1.22 bits per heavy atom. The number of rotatable bonds is 2. The molecule has 3 aromatic rings. The summed E-state index contributed by atoms with van der Waals surface area (Å²) in [4.78, 5) is 19.4. The first-order valence-corrected chi connectivity index (χ1v) is 10.4. The second-order valence-electron chi connectivity index (χ2n) is 6.80. The van der Waals surface area contributed by atoms with Gasteiger partial charge in [-0.25, -0.2) is 4.98 Å². The Morgan fingerprint density at radius 3 is 2.67 bits per heavy atom. The molecule has 0 radical (unpaired) electrons. The summed E-state index contributed by atoms with van der Waals surface area (Å²) >= 11 is 15.7. The zero-order valence-corrected chi connectivity index (χ0v) is 17.7. The maximum absolute atomic E-state index is 12.9. The highest BCUT2D eigenvalue weighted by Crippen LogP contribution is 2.36. The highest BCUT2D eigenvalue weighted by Gasteiger charge is 2.24. The highest BCUT2D eigenvalue weighted by atomic mass is 79.9. The summed E-state index contributed by atoms with van der Waals surface area (Å²) in [6.45, 7) is 2.91. The Morgan fingerprint density at radius 2 is 1.96 bits per heavy atom. The zero-order chi connectivity index (χ0) is 19.1. The van der Waals surface area contributed by atoms with Gasteiger partial charge in [-0.2, -0.15) is 0 Å². The molecular formula is C20H17BrCl2N2O2. The van der Waals surface area contributed by atoms with E-state index < -0.39 is 0 Å². The number of likely N-dealkylation sites (tertiary alicyclic amines) is 1. The normalized spacial score (nSPS) is 17.5. The fourth-order valence-corrected chi connectivity index (χ4v) is 4.14. The largest absolute Gasteiger partial charge is 0.436 e. The summed E-state index contributed by atoms with van der Waals surface area (Å²) in [6, 6.07) is 9.11. The third-order valence-electron chi connectivity index (χ3n) is 4.93. The van der Waals surface area contributed by atoms with Gasteiger partial charge in [0, 0.05) is 23.7 Å². The van der Waals surface area contributed by atoms with Gasteiger partial charge in [-0.15, -0.1) is 0 Å². The summed E-state index contributed by atoms with van der Waals surface area (Å²) in [5, 5.41) is 0.962. The van der Waals surface area contributed by atoms with Crippen molar-refractivity contribution in [1.82, 2.24) is 9.88 Å². The molecule has 27 heavy (non-hydrogen) atoms. The van der Waals surface area contributed by atoms with Crippen molar-refractivity contribution in [3.05, 3.63) is 50.4 Å². The van der Waals surface area contributed by atoms with E-state index in [0.29, 0.717) is 42.6 Å². The van der Waals surface area contributed by atoms with Crippen LogP contribution in [0.5, 0.6) is 0 Å². The van der Waals surface area contributed by atoms with E-state index in [-0.39, 0.29) is 11.9 Å². The molecular weight excluding hydrogens is 451 g/mol. The topological polar surface area (TPSA) is 46.3 Å². The number of benzene rings is 2. The molecule has 140 valence electrons. The molecule has 1 aliphatic heterocycles. The number of carbonyl (C=O) groups is 1. The van der Waals surface area contributed by atoms with Gasteiger partial charge in [0.2, 0.25) is 5.89 Å². The quantitative estimate of drug-likeness (QED) is 0.400. The summed E-state index contributed by atoms with van der Waals surface area (Å²) in [7, 11) is 0. The molecule has 0 bridgehead atoms. The molecule has 2 aromatic carbocycles. The van der Waals surface area contributed by atoms with Crippen LogP contribution in [0.2, 0.25) is 10.0 Å². The number of nitrogens with zero attached hydrogens (tertiary/aromatic N) is 2. The van der Waals surface area contributed by atoms with E-state index in [9.17, 15) is 4.79 Å². The minimum absolute atomic E-state index is 0.0448. The number of aromatic nitrogens is 1. The standard InChI is InChI=1S/C20H17BrCl2N2O2/c1-11-4-2-3-7-25(11)20(26)12-5-6-17-16(10-12)24-19(27-17)13-8-14(22)18(21)15(23)9-13/h5-6,8-11H,2-4,7H2,1H3. The Labute approximate surface area is 175 Å². The van der Waals surface area contributed by atoms with Crippen molar-refractivity contribution >= 4 is 56.1 Å². The number of amides is 1. The van der Waals surface area contributed by atoms with E-state index >= 15 is 0 Å². The van der Waals surface area contributed by atoms with Crippen LogP contribution in [0.3, 0.4) is 0 Å². The number of halogens is 3. The van der Waals surface area contributed by atoms with Gasteiger partial charge >= 0.3 is 0 Å². The maximum Gasteiger partial charge on any atom is 0.254 e. The second kappa shape index (κ2) is 7.46.